The lowest BCUT2D eigenvalue weighted by Crippen LogP contribution is -2.41. The van der Waals surface area contributed by atoms with E-state index in [-0.39, 0.29) is 5.69 Å². The minimum absolute atomic E-state index is 0.215. The van der Waals surface area contributed by atoms with E-state index >= 15 is 0 Å². The first kappa shape index (κ1) is 14.8. The molecule has 1 aromatic heterocycles. The number of benzene rings is 1. The van der Waals surface area contributed by atoms with Crippen LogP contribution in [0, 0.1) is 5.82 Å². The molecule has 21 heavy (non-hydrogen) atoms. The Morgan fingerprint density at radius 1 is 1.29 bits per heavy atom. The number of carboxylic acid groups (broad SMARTS) is 1. The van der Waals surface area contributed by atoms with Crippen molar-refractivity contribution in [2.45, 2.75) is 12.5 Å². The Hall–Kier alpha value is -2.63. The Labute approximate surface area is 121 Å². The molecule has 1 heterocycles. The van der Waals surface area contributed by atoms with E-state index in [1.165, 1.54) is 19.1 Å². The SMILES string of the molecule is COc1ccc(NC(C)(C(=O)O)c2ccc(F)cn2)cc1. The van der Waals surface area contributed by atoms with E-state index in [0.29, 0.717) is 11.4 Å². The number of nitrogens with zero attached hydrogens (tertiary/aromatic N) is 1. The van der Waals surface area contributed by atoms with Crippen LogP contribution in [-0.4, -0.2) is 23.2 Å². The number of rotatable bonds is 5. The lowest BCUT2D eigenvalue weighted by molar-refractivity contribution is -0.142. The van der Waals surface area contributed by atoms with Gasteiger partial charge in [0, 0.05) is 5.69 Å². The van der Waals surface area contributed by atoms with Gasteiger partial charge >= 0.3 is 5.97 Å². The molecule has 0 aliphatic heterocycles. The Bertz CT molecular complexity index is 628. The van der Waals surface area contributed by atoms with Crippen LogP contribution < -0.4 is 10.1 Å². The third kappa shape index (κ3) is 3.10. The molecule has 0 bridgehead atoms. The highest BCUT2D eigenvalue weighted by molar-refractivity contribution is 5.83. The summed E-state index contributed by atoms with van der Waals surface area (Å²) in [4.78, 5) is 15.5. The lowest BCUT2D eigenvalue weighted by atomic mass is 9.96. The molecular formula is C15H15FN2O3. The van der Waals surface area contributed by atoms with Gasteiger partial charge in [0.1, 0.15) is 11.6 Å². The van der Waals surface area contributed by atoms with Crippen LogP contribution in [0.1, 0.15) is 12.6 Å². The molecule has 6 heteroatoms. The van der Waals surface area contributed by atoms with Crippen molar-refractivity contribution >= 4 is 11.7 Å². The molecule has 2 aromatic rings. The van der Waals surface area contributed by atoms with Crippen LogP contribution in [0.3, 0.4) is 0 Å². The second-order valence-corrected chi connectivity index (χ2v) is 4.65. The van der Waals surface area contributed by atoms with Gasteiger partial charge in [-0.25, -0.2) is 9.18 Å². The van der Waals surface area contributed by atoms with Crippen molar-refractivity contribution in [1.82, 2.24) is 4.98 Å². The maximum Gasteiger partial charge on any atom is 0.335 e. The maximum atomic E-state index is 12.9. The standard InChI is InChI=1S/C15H15FN2O3/c1-15(14(19)20,13-8-3-10(16)9-17-13)18-11-4-6-12(21-2)7-5-11/h3-9,18H,1-2H3,(H,19,20). The number of halogens is 1. The van der Waals surface area contributed by atoms with E-state index in [4.69, 9.17) is 4.74 Å². The van der Waals surface area contributed by atoms with Crippen LogP contribution >= 0.6 is 0 Å². The summed E-state index contributed by atoms with van der Waals surface area (Å²) in [6.07, 6.45) is 0.992. The van der Waals surface area contributed by atoms with E-state index in [1.54, 1.807) is 31.4 Å². The Morgan fingerprint density at radius 2 is 1.95 bits per heavy atom. The Morgan fingerprint density at radius 3 is 2.43 bits per heavy atom. The van der Waals surface area contributed by atoms with E-state index in [1.807, 2.05) is 0 Å². The van der Waals surface area contributed by atoms with Crippen molar-refractivity contribution in [3.8, 4) is 5.75 Å². The van der Waals surface area contributed by atoms with Crippen LogP contribution in [0.15, 0.2) is 42.6 Å². The van der Waals surface area contributed by atoms with Gasteiger partial charge in [0.15, 0.2) is 5.54 Å². The molecule has 0 amide bonds. The van der Waals surface area contributed by atoms with Gasteiger partial charge in [-0.05, 0) is 43.3 Å². The number of hydrogen-bond acceptors (Lipinski definition) is 4. The van der Waals surface area contributed by atoms with Crippen molar-refractivity contribution in [2.75, 3.05) is 12.4 Å². The highest BCUT2D eigenvalue weighted by Crippen LogP contribution is 2.26. The molecule has 0 aliphatic carbocycles. The minimum atomic E-state index is -1.47. The third-order valence-electron chi connectivity index (χ3n) is 3.15. The molecule has 5 nitrogen and oxygen atoms in total. The third-order valence-corrected chi connectivity index (χ3v) is 3.15. The van der Waals surface area contributed by atoms with E-state index in [2.05, 4.69) is 10.3 Å². The van der Waals surface area contributed by atoms with Gasteiger partial charge in [-0.1, -0.05) is 0 Å². The molecule has 110 valence electrons. The van der Waals surface area contributed by atoms with Crippen LogP contribution in [0.2, 0.25) is 0 Å². The summed E-state index contributed by atoms with van der Waals surface area (Å²) in [6, 6.07) is 9.34. The first-order valence-corrected chi connectivity index (χ1v) is 6.23. The van der Waals surface area contributed by atoms with Crippen LogP contribution in [0.5, 0.6) is 5.75 Å². The van der Waals surface area contributed by atoms with Gasteiger partial charge in [-0.3, -0.25) is 4.98 Å². The molecule has 0 aliphatic rings. The number of aromatic nitrogens is 1. The normalized spacial score (nSPS) is 13.3. The van der Waals surface area contributed by atoms with Gasteiger partial charge in [0.25, 0.3) is 0 Å². The zero-order valence-electron chi connectivity index (χ0n) is 11.6. The van der Waals surface area contributed by atoms with Gasteiger partial charge < -0.3 is 15.2 Å². The number of carboxylic acids is 1. The highest BCUT2D eigenvalue weighted by atomic mass is 19.1. The maximum absolute atomic E-state index is 12.9. The van der Waals surface area contributed by atoms with Gasteiger partial charge in [0.05, 0.1) is 19.0 Å². The number of pyridine rings is 1. The van der Waals surface area contributed by atoms with Crippen molar-refractivity contribution in [1.29, 1.82) is 0 Å². The number of anilines is 1. The summed E-state index contributed by atoms with van der Waals surface area (Å²) in [7, 11) is 1.55. The first-order chi connectivity index (χ1) is 9.95. The molecular weight excluding hydrogens is 275 g/mol. The average molecular weight is 290 g/mol. The summed E-state index contributed by atoms with van der Waals surface area (Å²) >= 11 is 0. The molecule has 2 rings (SSSR count). The molecule has 0 radical (unpaired) electrons. The second kappa shape index (κ2) is 5.78. The van der Waals surface area contributed by atoms with E-state index < -0.39 is 17.3 Å². The Balaban J connectivity index is 2.33. The molecule has 1 unspecified atom stereocenters. The molecule has 2 N–H and O–H groups in total. The Kier molecular flexibility index (Phi) is 4.07. The number of hydrogen-bond donors (Lipinski definition) is 2. The molecule has 1 aromatic carbocycles. The van der Waals surface area contributed by atoms with E-state index in [9.17, 15) is 14.3 Å². The zero-order chi connectivity index (χ0) is 15.5. The predicted molar refractivity (Wildman–Crippen MR) is 75.8 cm³/mol. The smallest absolute Gasteiger partial charge is 0.335 e. The van der Waals surface area contributed by atoms with Crippen LogP contribution in [0.4, 0.5) is 10.1 Å². The summed E-state index contributed by atoms with van der Waals surface area (Å²) in [6.45, 7) is 1.47. The quantitative estimate of drug-likeness (QED) is 0.885. The number of nitrogens with one attached hydrogen (secondary N) is 1. The fourth-order valence-corrected chi connectivity index (χ4v) is 1.86. The second-order valence-electron chi connectivity index (χ2n) is 4.65. The fourth-order valence-electron chi connectivity index (χ4n) is 1.86. The van der Waals surface area contributed by atoms with Crippen LogP contribution in [-0.2, 0) is 10.3 Å². The lowest BCUT2D eigenvalue weighted by Gasteiger charge is -2.27. The number of methoxy groups -OCH3 is 1. The highest BCUT2D eigenvalue weighted by Gasteiger charge is 2.36. The average Bonchev–Trinajstić information content (AvgIpc) is 2.48. The van der Waals surface area contributed by atoms with Gasteiger partial charge in [-0.15, -0.1) is 0 Å². The van der Waals surface area contributed by atoms with E-state index in [0.717, 1.165) is 6.20 Å². The summed E-state index contributed by atoms with van der Waals surface area (Å²) < 4.78 is 18.0. The molecule has 0 spiro atoms. The summed E-state index contributed by atoms with van der Waals surface area (Å²) in [5.74, 6) is -0.967. The van der Waals surface area contributed by atoms with Crippen molar-refractivity contribution in [2.24, 2.45) is 0 Å². The molecule has 0 saturated carbocycles. The van der Waals surface area contributed by atoms with Crippen LogP contribution in [0.25, 0.3) is 0 Å². The number of carbonyl (C=O) groups is 1. The molecule has 1 atom stereocenters. The topological polar surface area (TPSA) is 71.5 Å². The summed E-state index contributed by atoms with van der Waals surface area (Å²) in [5, 5.41) is 12.4. The molecule has 0 fully saturated rings. The number of aliphatic carboxylic acids is 1. The first-order valence-electron chi connectivity index (χ1n) is 6.23. The largest absolute Gasteiger partial charge is 0.497 e. The fraction of sp³-hybridized carbons (Fsp3) is 0.200. The zero-order valence-corrected chi connectivity index (χ0v) is 11.6. The summed E-state index contributed by atoms with van der Waals surface area (Å²) in [5.41, 5.74) is -0.665. The van der Waals surface area contributed by atoms with Gasteiger partial charge in [0.2, 0.25) is 0 Å². The monoisotopic (exact) mass is 290 g/mol. The predicted octanol–water partition coefficient (Wildman–Crippen LogP) is 2.64. The van der Waals surface area contributed by atoms with Crippen molar-refractivity contribution in [3.63, 3.8) is 0 Å². The number of ether oxygens (including phenoxy) is 1. The van der Waals surface area contributed by atoms with Gasteiger partial charge in [-0.2, -0.15) is 0 Å². The van der Waals surface area contributed by atoms with Crippen molar-refractivity contribution < 1.29 is 19.0 Å². The molecule has 0 saturated heterocycles. The minimum Gasteiger partial charge on any atom is -0.497 e. The van der Waals surface area contributed by atoms with Crippen molar-refractivity contribution in [3.05, 3.63) is 54.1 Å².